The lowest BCUT2D eigenvalue weighted by atomic mass is 10.0. The van der Waals surface area contributed by atoms with Gasteiger partial charge >= 0.3 is 0 Å². The summed E-state index contributed by atoms with van der Waals surface area (Å²) in [7, 11) is 1.72. The number of anilines is 1. The van der Waals surface area contributed by atoms with Crippen LogP contribution >= 0.6 is 22.6 Å². The lowest BCUT2D eigenvalue weighted by molar-refractivity contribution is -0.118. The van der Waals surface area contributed by atoms with E-state index in [-0.39, 0.29) is 11.5 Å². The highest BCUT2D eigenvalue weighted by molar-refractivity contribution is 14.1. The zero-order chi connectivity index (χ0) is 14.8. The number of rotatable bonds is 4. The lowest BCUT2D eigenvalue weighted by Gasteiger charge is -2.29. The second kappa shape index (κ2) is 6.43. The van der Waals surface area contributed by atoms with E-state index in [1.54, 1.807) is 7.11 Å². The molecule has 0 atom stereocenters. The van der Waals surface area contributed by atoms with E-state index in [2.05, 4.69) is 54.6 Å². The van der Waals surface area contributed by atoms with E-state index in [0.717, 1.165) is 24.9 Å². The van der Waals surface area contributed by atoms with Gasteiger partial charge in [-0.15, -0.1) is 0 Å². The fourth-order valence-corrected chi connectivity index (χ4v) is 3.00. The zero-order valence-electron chi connectivity index (χ0n) is 12.4. The number of amides is 1. The molecule has 0 spiro atoms. The maximum atomic E-state index is 12.4. The van der Waals surface area contributed by atoms with Crippen LogP contribution in [-0.2, 0) is 16.0 Å². The molecule has 0 aromatic heterocycles. The second-order valence-corrected chi connectivity index (χ2v) is 7.13. The average Bonchev–Trinajstić information content (AvgIpc) is 2.55. The summed E-state index contributed by atoms with van der Waals surface area (Å²) in [5.74, 6) is 0.233. The molecule has 1 aromatic rings. The molecule has 110 valence electrons. The maximum absolute atomic E-state index is 12.4. The molecule has 0 saturated carbocycles. The van der Waals surface area contributed by atoms with Gasteiger partial charge < -0.3 is 9.64 Å². The van der Waals surface area contributed by atoms with Crippen molar-refractivity contribution in [2.45, 2.75) is 45.1 Å². The van der Waals surface area contributed by atoms with Gasteiger partial charge in [0.25, 0.3) is 0 Å². The highest BCUT2D eigenvalue weighted by Crippen LogP contribution is 2.29. The minimum absolute atomic E-state index is 0.198. The molecular formula is C16H22INO2. The number of methoxy groups -OCH3 is 1. The first-order valence-electron chi connectivity index (χ1n) is 7.07. The van der Waals surface area contributed by atoms with Crippen molar-refractivity contribution in [2.24, 2.45) is 0 Å². The van der Waals surface area contributed by atoms with Crippen molar-refractivity contribution in [1.29, 1.82) is 0 Å². The SMILES string of the molecule is COC(C)(C)CCN1C(=O)CCCc2cc(I)ccc21. The number of carbonyl (C=O) groups is 1. The van der Waals surface area contributed by atoms with Gasteiger partial charge in [-0.1, -0.05) is 0 Å². The standard InChI is InChI=1S/C16H22INO2/c1-16(2,20-3)9-10-18-14-8-7-13(17)11-12(14)5-4-6-15(18)19/h7-8,11H,4-6,9-10H2,1-3H3. The second-order valence-electron chi connectivity index (χ2n) is 5.89. The third kappa shape index (κ3) is 3.73. The minimum Gasteiger partial charge on any atom is -0.379 e. The van der Waals surface area contributed by atoms with Crippen molar-refractivity contribution in [2.75, 3.05) is 18.6 Å². The molecule has 0 N–H and O–H groups in total. The van der Waals surface area contributed by atoms with Gasteiger partial charge in [-0.3, -0.25) is 4.79 Å². The van der Waals surface area contributed by atoms with E-state index < -0.39 is 0 Å². The Bertz CT molecular complexity index is 499. The van der Waals surface area contributed by atoms with Crippen LogP contribution in [0.15, 0.2) is 18.2 Å². The average molecular weight is 387 g/mol. The molecule has 20 heavy (non-hydrogen) atoms. The van der Waals surface area contributed by atoms with Crippen LogP contribution in [0.1, 0.15) is 38.7 Å². The number of ether oxygens (including phenoxy) is 1. The molecule has 0 unspecified atom stereocenters. The van der Waals surface area contributed by atoms with Crippen LogP contribution in [-0.4, -0.2) is 25.2 Å². The minimum atomic E-state index is -0.198. The normalized spacial score (nSPS) is 16.0. The summed E-state index contributed by atoms with van der Waals surface area (Å²) in [6.07, 6.45) is 3.40. The Morgan fingerprint density at radius 3 is 2.80 bits per heavy atom. The van der Waals surface area contributed by atoms with Gasteiger partial charge in [0.05, 0.1) is 5.60 Å². The zero-order valence-corrected chi connectivity index (χ0v) is 14.6. The van der Waals surface area contributed by atoms with Gasteiger partial charge in [-0.2, -0.15) is 0 Å². The monoisotopic (exact) mass is 387 g/mol. The van der Waals surface area contributed by atoms with Crippen LogP contribution in [0.2, 0.25) is 0 Å². The molecule has 1 amide bonds. The molecule has 0 aliphatic carbocycles. The molecule has 2 rings (SSSR count). The summed E-state index contributed by atoms with van der Waals surface area (Å²) < 4.78 is 6.69. The first-order chi connectivity index (χ1) is 9.43. The Kier molecular flexibility index (Phi) is 5.07. The van der Waals surface area contributed by atoms with Crippen LogP contribution in [0.3, 0.4) is 0 Å². The van der Waals surface area contributed by atoms with Crippen molar-refractivity contribution < 1.29 is 9.53 Å². The summed E-state index contributed by atoms with van der Waals surface area (Å²) in [6.45, 7) is 4.83. The Morgan fingerprint density at radius 1 is 1.35 bits per heavy atom. The lowest BCUT2D eigenvalue weighted by Crippen LogP contribution is -2.36. The maximum Gasteiger partial charge on any atom is 0.226 e. The number of aryl methyl sites for hydroxylation is 1. The molecule has 0 radical (unpaired) electrons. The van der Waals surface area contributed by atoms with Gasteiger partial charge in [0.15, 0.2) is 0 Å². The Balaban J connectivity index is 2.24. The van der Waals surface area contributed by atoms with Crippen LogP contribution in [0.4, 0.5) is 5.69 Å². The third-order valence-electron chi connectivity index (χ3n) is 3.96. The summed E-state index contributed by atoms with van der Waals surface area (Å²) in [5.41, 5.74) is 2.17. The molecule has 0 saturated heterocycles. The molecule has 0 fully saturated rings. The van der Waals surface area contributed by atoms with Crippen molar-refractivity contribution in [3.63, 3.8) is 0 Å². The molecule has 1 aliphatic rings. The number of benzene rings is 1. The van der Waals surface area contributed by atoms with E-state index in [1.165, 1.54) is 9.13 Å². The van der Waals surface area contributed by atoms with Crippen molar-refractivity contribution >= 4 is 34.2 Å². The predicted octanol–water partition coefficient (Wildman–Crippen LogP) is 3.78. The van der Waals surface area contributed by atoms with E-state index in [4.69, 9.17) is 4.74 Å². The number of hydrogen-bond donors (Lipinski definition) is 0. The summed E-state index contributed by atoms with van der Waals surface area (Å²) >= 11 is 2.33. The fraction of sp³-hybridized carbons (Fsp3) is 0.562. The summed E-state index contributed by atoms with van der Waals surface area (Å²) in [6, 6.07) is 6.36. The van der Waals surface area contributed by atoms with Gasteiger partial charge in [0, 0.05) is 29.3 Å². The van der Waals surface area contributed by atoms with Crippen LogP contribution in [0, 0.1) is 3.57 Å². The van der Waals surface area contributed by atoms with E-state index in [9.17, 15) is 4.79 Å². The molecule has 1 aromatic carbocycles. The van der Waals surface area contributed by atoms with Crippen molar-refractivity contribution in [1.82, 2.24) is 0 Å². The van der Waals surface area contributed by atoms with Crippen molar-refractivity contribution in [3.8, 4) is 0 Å². The Morgan fingerprint density at radius 2 is 2.10 bits per heavy atom. The number of fused-ring (bicyclic) bond motifs is 1. The molecule has 3 nitrogen and oxygen atoms in total. The van der Waals surface area contributed by atoms with Crippen molar-refractivity contribution in [3.05, 3.63) is 27.3 Å². The third-order valence-corrected chi connectivity index (χ3v) is 4.63. The molecule has 0 bridgehead atoms. The fourth-order valence-electron chi connectivity index (χ4n) is 2.45. The number of halogens is 1. The first-order valence-corrected chi connectivity index (χ1v) is 8.15. The van der Waals surface area contributed by atoms with E-state index >= 15 is 0 Å². The molecule has 1 heterocycles. The topological polar surface area (TPSA) is 29.5 Å². The van der Waals surface area contributed by atoms with E-state index in [1.807, 2.05) is 4.90 Å². The number of hydrogen-bond acceptors (Lipinski definition) is 2. The van der Waals surface area contributed by atoms with Crippen LogP contribution in [0.5, 0.6) is 0 Å². The van der Waals surface area contributed by atoms with Gasteiger partial charge in [0.2, 0.25) is 5.91 Å². The van der Waals surface area contributed by atoms with Gasteiger partial charge in [0.1, 0.15) is 0 Å². The highest BCUT2D eigenvalue weighted by Gasteiger charge is 2.25. The van der Waals surface area contributed by atoms with Gasteiger partial charge in [-0.05, 0) is 79.5 Å². The molecule has 1 aliphatic heterocycles. The predicted molar refractivity (Wildman–Crippen MR) is 90.2 cm³/mol. The molecule has 4 heteroatoms. The molecular weight excluding hydrogens is 365 g/mol. The first kappa shape index (κ1) is 15.8. The number of carbonyl (C=O) groups excluding carboxylic acids is 1. The Hall–Kier alpha value is -0.620. The van der Waals surface area contributed by atoms with Crippen LogP contribution in [0.25, 0.3) is 0 Å². The largest absolute Gasteiger partial charge is 0.379 e. The van der Waals surface area contributed by atoms with Gasteiger partial charge in [-0.25, -0.2) is 0 Å². The highest BCUT2D eigenvalue weighted by atomic mass is 127. The summed E-state index contributed by atoms with van der Waals surface area (Å²) in [5, 5.41) is 0. The van der Waals surface area contributed by atoms with E-state index in [0.29, 0.717) is 13.0 Å². The Labute approximate surface area is 134 Å². The quantitative estimate of drug-likeness (QED) is 0.737. The summed E-state index contributed by atoms with van der Waals surface area (Å²) in [4.78, 5) is 14.3. The number of nitrogens with zero attached hydrogens (tertiary/aromatic N) is 1. The smallest absolute Gasteiger partial charge is 0.226 e. The van der Waals surface area contributed by atoms with Crippen LogP contribution < -0.4 is 4.90 Å².